The minimum atomic E-state index is -0.224. The van der Waals surface area contributed by atoms with Crippen LogP contribution < -0.4 is 10.9 Å². The van der Waals surface area contributed by atoms with E-state index in [-0.39, 0.29) is 11.6 Å². The maximum atomic E-state index is 11.3. The van der Waals surface area contributed by atoms with Gasteiger partial charge in [-0.15, -0.1) is 11.3 Å². The summed E-state index contributed by atoms with van der Waals surface area (Å²) < 4.78 is 0.491. The van der Waals surface area contributed by atoms with Gasteiger partial charge in [-0.3, -0.25) is 4.79 Å². The van der Waals surface area contributed by atoms with Gasteiger partial charge in [-0.1, -0.05) is 6.07 Å². The van der Waals surface area contributed by atoms with Crippen molar-refractivity contribution in [3.8, 4) is 0 Å². The highest BCUT2D eigenvalue weighted by Gasteiger charge is 2.09. The molecule has 0 saturated heterocycles. The Morgan fingerprint density at radius 2 is 2.47 bits per heavy atom. The molecule has 1 unspecified atom stereocenters. The molecule has 0 aliphatic heterocycles. The molecule has 0 bridgehead atoms. The molecule has 2 rings (SSSR count). The summed E-state index contributed by atoms with van der Waals surface area (Å²) in [7, 11) is 0. The Balaban J connectivity index is 2.05. The lowest BCUT2D eigenvalue weighted by Gasteiger charge is -2.14. The number of nitrogens with zero attached hydrogens (tertiary/aromatic N) is 1. The van der Waals surface area contributed by atoms with E-state index in [0.717, 1.165) is 12.1 Å². The Kier molecular flexibility index (Phi) is 3.96. The summed E-state index contributed by atoms with van der Waals surface area (Å²) in [5, 5.41) is 11.5. The molecule has 2 aromatic rings. The molecule has 1 atom stereocenters. The zero-order valence-corrected chi connectivity index (χ0v) is 11.6. The minimum Gasteiger partial charge on any atom is -0.380 e. The molecule has 2 N–H and O–H groups in total. The molecular formula is C11H12BrN3OS. The maximum absolute atomic E-state index is 11.3. The first-order valence-electron chi connectivity index (χ1n) is 5.19. The van der Waals surface area contributed by atoms with Crippen LogP contribution in [-0.2, 0) is 6.42 Å². The van der Waals surface area contributed by atoms with Gasteiger partial charge in [0, 0.05) is 17.3 Å². The Morgan fingerprint density at radius 3 is 3.18 bits per heavy atom. The lowest BCUT2D eigenvalue weighted by Crippen LogP contribution is -2.20. The number of anilines is 1. The molecule has 0 saturated carbocycles. The van der Waals surface area contributed by atoms with Crippen LogP contribution in [0, 0.1) is 0 Å². The van der Waals surface area contributed by atoms with E-state index in [1.807, 2.05) is 6.07 Å². The summed E-state index contributed by atoms with van der Waals surface area (Å²) in [4.78, 5) is 12.7. The van der Waals surface area contributed by atoms with E-state index in [0.29, 0.717) is 4.47 Å². The average Bonchev–Trinajstić information content (AvgIpc) is 2.77. The van der Waals surface area contributed by atoms with Gasteiger partial charge in [0.05, 0.1) is 11.9 Å². The molecule has 6 heteroatoms. The highest BCUT2D eigenvalue weighted by atomic mass is 79.9. The van der Waals surface area contributed by atoms with Crippen molar-refractivity contribution in [2.45, 2.75) is 19.4 Å². The summed E-state index contributed by atoms with van der Waals surface area (Å²) in [5.74, 6) is 0. The zero-order chi connectivity index (χ0) is 12.3. The van der Waals surface area contributed by atoms with E-state index in [1.54, 1.807) is 17.5 Å². The van der Waals surface area contributed by atoms with Gasteiger partial charge >= 0.3 is 0 Å². The predicted octanol–water partition coefficient (Wildman–Crippen LogP) is 2.64. The lowest BCUT2D eigenvalue weighted by atomic mass is 10.2. The van der Waals surface area contributed by atoms with E-state index in [2.05, 4.69) is 49.8 Å². The largest absolute Gasteiger partial charge is 0.380 e. The van der Waals surface area contributed by atoms with Gasteiger partial charge in [-0.2, -0.15) is 5.10 Å². The normalized spacial score (nSPS) is 12.4. The van der Waals surface area contributed by atoms with Crippen molar-refractivity contribution in [3.05, 3.63) is 43.4 Å². The van der Waals surface area contributed by atoms with Crippen LogP contribution in [0.3, 0.4) is 0 Å². The number of hydrogen-bond acceptors (Lipinski definition) is 4. The highest BCUT2D eigenvalue weighted by Crippen LogP contribution is 2.18. The summed E-state index contributed by atoms with van der Waals surface area (Å²) in [6, 6.07) is 4.39. The Morgan fingerprint density at radius 1 is 1.65 bits per heavy atom. The maximum Gasteiger partial charge on any atom is 0.280 e. The van der Waals surface area contributed by atoms with Gasteiger partial charge in [0.2, 0.25) is 0 Å². The highest BCUT2D eigenvalue weighted by molar-refractivity contribution is 9.10. The lowest BCUT2D eigenvalue weighted by molar-refractivity contribution is 0.795. The summed E-state index contributed by atoms with van der Waals surface area (Å²) >= 11 is 4.98. The number of nitrogens with one attached hydrogen (secondary N) is 2. The van der Waals surface area contributed by atoms with Crippen LogP contribution in [0.25, 0.3) is 0 Å². The topological polar surface area (TPSA) is 57.8 Å². The molecule has 0 aliphatic rings. The predicted molar refractivity (Wildman–Crippen MR) is 73.7 cm³/mol. The van der Waals surface area contributed by atoms with E-state index in [1.165, 1.54) is 4.88 Å². The van der Waals surface area contributed by atoms with Crippen LogP contribution in [0.1, 0.15) is 11.8 Å². The van der Waals surface area contributed by atoms with E-state index in [4.69, 9.17) is 0 Å². The average molecular weight is 314 g/mol. The molecule has 0 spiro atoms. The van der Waals surface area contributed by atoms with E-state index >= 15 is 0 Å². The van der Waals surface area contributed by atoms with Crippen LogP contribution >= 0.6 is 27.3 Å². The van der Waals surface area contributed by atoms with Crippen LogP contribution in [0.4, 0.5) is 5.69 Å². The molecule has 0 amide bonds. The molecule has 90 valence electrons. The van der Waals surface area contributed by atoms with Crippen LogP contribution in [0.2, 0.25) is 0 Å². The van der Waals surface area contributed by atoms with Crippen molar-refractivity contribution in [1.82, 2.24) is 10.2 Å². The summed E-state index contributed by atoms with van der Waals surface area (Å²) in [5.41, 5.74) is 0.496. The van der Waals surface area contributed by atoms with Crippen molar-refractivity contribution >= 4 is 33.0 Å². The van der Waals surface area contributed by atoms with Crippen LogP contribution in [-0.4, -0.2) is 16.2 Å². The Hall–Kier alpha value is -1.14. The van der Waals surface area contributed by atoms with Gasteiger partial charge in [0.25, 0.3) is 5.56 Å². The van der Waals surface area contributed by atoms with Gasteiger partial charge in [0.1, 0.15) is 4.47 Å². The number of thiophene rings is 1. The number of halogens is 1. The number of aromatic nitrogens is 2. The Bertz CT molecular complexity index is 538. The van der Waals surface area contributed by atoms with Crippen molar-refractivity contribution in [2.24, 2.45) is 0 Å². The zero-order valence-electron chi connectivity index (χ0n) is 9.24. The van der Waals surface area contributed by atoms with Gasteiger partial charge in [-0.25, -0.2) is 5.10 Å². The molecule has 0 fully saturated rings. The van der Waals surface area contributed by atoms with Crippen molar-refractivity contribution in [3.63, 3.8) is 0 Å². The minimum absolute atomic E-state index is 0.224. The third kappa shape index (κ3) is 3.17. The first-order valence-corrected chi connectivity index (χ1v) is 6.86. The number of H-pyrrole nitrogens is 1. The Labute approximate surface area is 111 Å². The second kappa shape index (κ2) is 5.46. The molecule has 0 radical (unpaired) electrons. The van der Waals surface area contributed by atoms with Crippen LogP contribution in [0.15, 0.2) is 33.0 Å². The fourth-order valence-corrected chi connectivity index (χ4v) is 2.67. The second-order valence-electron chi connectivity index (χ2n) is 3.76. The molecule has 2 heterocycles. The summed E-state index contributed by atoms with van der Waals surface area (Å²) in [6.07, 6.45) is 2.54. The molecule has 4 nitrogen and oxygen atoms in total. The quantitative estimate of drug-likeness (QED) is 0.912. The number of aromatic amines is 1. The van der Waals surface area contributed by atoms with Gasteiger partial charge in [-0.05, 0) is 34.3 Å². The SMILES string of the molecule is CC(Cc1cccs1)Nc1cn[nH]c(=O)c1Br. The molecule has 0 aromatic carbocycles. The first-order chi connectivity index (χ1) is 8.16. The summed E-state index contributed by atoms with van der Waals surface area (Å²) in [6.45, 7) is 2.08. The van der Waals surface area contributed by atoms with Gasteiger partial charge in [0.15, 0.2) is 0 Å². The van der Waals surface area contributed by atoms with Crippen molar-refractivity contribution in [1.29, 1.82) is 0 Å². The molecule has 0 aliphatic carbocycles. The standard InChI is InChI=1S/C11H12BrN3OS/c1-7(5-8-3-2-4-17-8)14-9-6-13-15-11(16)10(9)12/h2-4,6-7H,5H2,1H3,(H2,14,15,16). The van der Waals surface area contributed by atoms with E-state index < -0.39 is 0 Å². The molecule has 2 aromatic heterocycles. The molecule has 17 heavy (non-hydrogen) atoms. The smallest absolute Gasteiger partial charge is 0.280 e. The third-order valence-electron chi connectivity index (χ3n) is 2.28. The van der Waals surface area contributed by atoms with Gasteiger partial charge < -0.3 is 5.32 Å². The monoisotopic (exact) mass is 313 g/mol. The fraction of sp³-hybridized carbons (Fsp3) is 0.273. The first kappa shape index (κ1) is 12.3. The second-order valence-corrected chi connectivity index (χ2v) is 5.58. The number of rotatable bonds is 4. The third-order valence-corrected chi connectivity index (χ3v) is 3.97. The van der Waals surface area contributed by atoms with E-state index in [9.17, 15) is 4.79 Å². The van der Waals surface area contributed by atoms with Crippen molar-refractivity contribution < 1.29 is 0 Å². The van der Waals surface area contributed by atoms with Crippen molar-refractivity contribution in [2.75, 3.05) is 5.32 Å². The van der Waals surface area contributed by atoms with Crippen LogP contribution in [0.5, 0.6) is 0 Å². The molecular weight excluding hydrogens is 302 g/mol. The number of hydrogen-bond donors (Lipinski definition) is 2. The fourth-order valence-electron chi connectivity index (χ4n) is 1.53.